The molecule has 112 valence electrons. The van der Waals surface area contributed by atoms with Crippen molar-refractivity contribution in [3.05, 3.63) is 34.6 Å². The van der Waals surface area contributed by atoms with Crippen LogP contribution in [0.1, 0.15) is 61.6 Å². The van der Waals surface area contributed by atoms with Gasteiger partial charge in [-0.3, -0.25) is 0 Å². The van der Waals surface area contributed by atoms with Crippen molar-refractivity contribution in [1.29, 1.82) is 0 Å². The lowest BCUT2D eigenvalue weighted by Gasteiger charge is -2.28. The van der Waals surface area contributed by atoms with E-state index in [1.54, 1.807) is 6.07 Å². The van der Waals surface area contributed by atoms with Crippen LogP contribution in [-0.2, 0) is 0 Å². The van der Waals surface area contributed by atoms with Crippen molar-refractivity contribution in [3.63, 3.8) is 0 Å². The number of hydrogen-bond donors (Lipinski definition) is 1. The summed E-state index contributed by atoms with van der Waals surface area (Å²) in [6.45, 7) is 8.21. The molecule has 0 aliphatic heterocycles. The zero-order chi connectivity index (χ0) is 14.5. The number of benzene rings is 1. The molecule has 0 aromatic heterocycles. The van der Waals surface area contributed by atoms with E-state index in [-0.39, 0.29) is 5.82 Å². The second-order valence-electron chi connectivity index (χ2n) is 6.29. The van der Waals surface area contributed by atoms with Crippen LogP contribution in [0.25, 0.3) is 0 Å². The average Bonchev–Trinajstić information content (AvgIpc) is 2.61. The van der Waals surface area contributed by atoms with Crippen LogP contribution < -0.4 is 5.32 Å². The summed E-state index contributed by atoms with van der Waals surface area (Å²) in [6, 6.07) is 3.84. The maximum Gasteiger partial charge on any atom is 0.127 e. The summed E-state index contributed by atoms with van der Waals surface area (Å²) in [4.78, 5) is 0. The summed E-state index contributed by atoms with van der Waals surface area (Å²) in [7, 11) is 0. The van der Waals surface area contributed by atoms with Gasteiger partial charge >= 0.3 is 0 Å². The molecule has 2 heteroatoms. The molecule has 0 heterocycles. The summed E-state index contributed by atoms with van der Waals surface area (Å²) in [5.41, 5.74) is 3.15. The van der Waals surface area contributed by atoms with Crippen LogP contribution in [0, 0.1) is 25.6 Å². The molecular weight excluding hydrogens is 249 g/mol. The average molecular weight is 277 g/mol. The van der Waals surface area contributed by atoms with Gasteiger partial charge in [0.05, 0.1) is 0 Å². The molecule has 0 amide bonds. The highest BCUT2D eigenvalue weighted by Crippen LogP contribution is 2.39. The first kappa shape index (κ1) is 15.5. The largest absolute Gasteiger partial charge is 0.317 e. The first-order valence-electron chi connectivity index (χ1n) is 8.10. The van der Waals surface area contributed by atoms with Crippen molar-refractivity contribution in [1.82, 2.24) is 5.32 Å². The molecule has 1 saturated carbocycles. The molecule has 0 saturated heterocycles. The van der Waals surface area contributed by atoms with Gasteiger partial charge in [-0.1, -0.05) is 32.3 Å². The lowest BCUT2D eigenvalue weighted by atomic mass is 9.80. The molecule has 1 aliphatic carbocycles. The monoisotopic (exact) mass is 277 g/mol. The Balaban J connectivity index is 2.30. The van der Waals surface area contributed by atoms with Gasteiger partial charge in [0.2, 0.25) is 0 Å². The molecule has 0 bridgehead atoms. The summed E-state index contributed by atoms with van der Waals surface area (Å²) in [5, 5.41) is 3.47. The van der Waals surface area contributed by atoms with E-state index in [1.807, 2.05) is 6.92 Å². The molecule has 2 rings (SSSR count). The molecule has 1 aromatic rings. The lowest BCUT2D eigenvalue weighted by Crippen LogP contribution is -2.27. The Morgan fingerprint density at radius 2 is 1.90 bits per heavy atom. The zero-order valence-electron chi connectivity index (χ0n) is 13.1. The summed E-state index contributed by atoms with van der Waals surface area (Å²) in [6.07, 6.45) is 6.19. The number of halogens is 1. The van der Waals surface area contributed by atoms with Gasteiger partial charge in [-0.25, -0.2) is 4.39 Å². The lowest BCUT2D eigenvalue weighted by molar-refractivity contribution is 0.368. The van der Waals surface area contributed by atoms with Crippen LogP contribution in [0.4, 0.5) is 4.39 Å². The molecule has 1 N–H and O–H groups in total. The fourth-order valence-electron chi connectivity index (χ4n) is 3.73. The topological polar surface area (TPSA) is 12.0 Å². The third-order valence-corrected chi connectivity index (χ3v) is 4.67. The number of aryl methyl sites for hydroxylation is 2. The highest BCUT2D eigenvalue weighted by molar-refractivity contribution is 5.35. The Morgan fingerprint density at radius 1 is 1.15 bits per heavy atom. The number of rotatable bonds is 4. The summed E-state index contributed by atoms with van der Waals surface area (Å²) < 4.78 is 14.5. The molecular formula is C18H28FN. The summed E-state index contributed by atoms with van der Waals surface area (Å²) >= 11 is 0. The maximum absolute atomic E-state index is 14.5. The van der Waals surface area contributed by atoms with Gasteiger partial charge in [-0.05, 0) is 74.4 Å². The number of hydrogen-bond acceptors (Lipinski definition) is 1. The molecule has 2 atom stereocenters. The van der Waals surface area contributed by atoms with E-state index in [9.17, 15) is 4.39 Å². The van der Waals surface area contributed by atoms with Crippen LogP contribution in [0.15, 0.2) is 12.1 Å². The molecule has 0 radical (unpaired) electrons. The van der Waals surface area contributed by atoms with Gasteiger partial charge in [0, 0.05) is 0 Å². The predicted octanol–water partition coefficient (Wildman–Crippen LogP) is 4.72. The summed E-state index contributed by atoms with van der Waals surface area (Å²) in [5.74, 6) is 0.974. The third-order valence-electron chi connectivity index (χ3n) is 4.67. The zero-order valence-corrected chi connectivity index (χ0v) is 13.1. The molecule has 2 unspecified atom stereocenters. The van der Waals surface area contributed by atoms with E-state index in [1.165, 1.54) is 25.7 Å². The van der Waals surface area contributed by atoms with Gasteiger partial charge in [0.15, 0.2) is 0 Å². The highest BCUT2D eigenvalue weighted by Gasteiger charge is 2.28. The SMILES string of the molecule is CCNCC1CCCCCC1c1c(C)cc(C)cc1F. The highest BCUT2D eigenvalue weighted by atomic mass is 19.1. The first-order chi connectivity index (χ1) is 9.63. The van der Waals surface area contributed by atoms with Crippen LogP contribution >= 0.6 is 0 Å². The van der Waals surface area contributed by atoms with Crippen molar-refractivity contribution in [2.45, 2.75) is 58.8 Å². The van der Waals surface area contributed by atoms with Crippen molar-refractivity contribution in [3.8, 4) is 0 Å². The Morgan fingerprint density at radius 3 is 2.60 bits per heavy atom. The predicted molar refractivity (Wildman–Crippen MR) is 83.7 cm³/mol. The minimum absolute atomic E-state index is 0.0101. The smallest absolute Gasteiger partial charge is 0.127 e. The Kier molecular flexibility index (Phi) is 5.59. The van der Waals surface area contributed by atoms with Crippen molar-refractivity contribution in [2.24, 2.45) is 5.92 Å². The molecule has 0 spiro atoms. The van der Waals surface area contributed by atoms with Crippen LogP contribution in [0.3, 0.4) is 0 Å². The van der Waals surface area contributed by atoms with Gasteiger partial charge in [-0.15, -0.1) is 0 Å². The van der Waals surface area contributed by atoms with Gasteiger partial charge in [-0.2, -0.15) is 0 Å². The van der Waals surface area contributed by atoms with Crippen LogP contribution in [0.5, 0.6) is 0 Å². The third kappa shape index (κ3) is 3.60. The van der Waals surface area contributed by atoms with Gasteiger partial charge in [0.25, 0.3) is 0 Å². The Hall–Kier alpha value is -0.890. The quantitative estimate of drug-likeness (QED) is 0.785. The van der Waals surface area contributed by atoms with E-state index in [0.717, 1.165) is 36.2 Å². The van der Waals surface area contributed by atoms with Crippen molar-refractivity contribution in [2.75, 3.05) is 13.1 Å². The molecule has 20 heavy (non-hydrogen) atoms. The number of nitrogens with one attached hydrogen (secondary N) is 1. The van der Waals surface area contributed by atoms with E-state index in [4.69, 9.17) is 0 Å². The van der Waals surface area contributed by atoms with E-state index < -0.39 is 0 Å². The standard InChI is InChI=1S/C18H28FN/c1-4-20-12-15-8-6-5-7-9-16(15)18-14(3)10-13(2)11-17(18)19/h10-11,15-16,20H,4-9,12H2,1-3H3. The van der Waals surface area contributed by atoms with Crippen LogP contribution in [-0.4, -0.2) is 13.1 Å². The normalized spacial score (nSPS) is 23.6. The second kappa shape index (κ2) is 7.21. The fraction of sp³-hybridized carbons (Fsp3) is 0.667. The fourth-order valence-corrected chi connectivity index (χ4v) is 3.73. The van der Waals surface area contributed by atoms with Gasteiger partial charge in [0.1, 0.15) is 5.82 Å². The molecule has 1 fully saturated rings. The maximum atomic E-state index is 14.5. The van der Waals surface area contributed by atoms with Gasteiger partial charge < -0.3 is 5.32 Å². The first-order valence-corrected chi connectivity index (χ1v) is 8.10. The Labute approximate surface area is 123 Å². The Bertz CT molecular complexity index is 418. The van der Waals surface area contributed by atoms with Crippen LogP contribution in [0.2, 0.25) is 0 Å². The molecule has 1 aromatic carbocycles. The van der Waals surface area contributed by atoms with Crippen molar-refractivity contribution < 1.29 is 4.39 Å². The van der Waals surface area contributed by atoms with E-state index >= 15 is 0 Å². The van der Waals surface area contributed by atoms with E-state index in [2.05, 4.69) is 25.2 Å². The minimum atomic E-state index is 0.0101. The van der Waals surface area contributed by atoms with Crippen molar-refractivity contribution >= 4 is 0 Å². The minimum Gasteiger partial charge on any atom is -0.317 e. The molecule has 1 nitrogen and oxygen atoms in total. The molecule has 1 aliphatic rings. The second-order valence-corrected chi connectivity index (χ2v) is 6.29. The van der Waals surface area contributed by atoms with E-state index in [0.29, 0.717) is 11.8 Å².